The molecule has 0 saturated heterocycles. The molecule has 0 amide bonds. The van der Waals surface area contributed by atoms with Crippen molar-refractivity contribution in [1.82, 2.24) is 0 Å². The van der Waals surface area contributed by atoms with Crippen molar-refractivity contribution in [2.45, 2.75) is 57.5 Å². The summed E-state index contributed by atoms with van der Waals surface area (Å²) < 4.78 is 5.85. The molecule has 0 heterocycles. The number of nitrogens with zero attached hydrogens (tertiary/aromatic N) is 2. The normalized spacial score (nSPS) is 16.2. The van der Waals surface area contributed by atoms with Gasteiger partial charge in [-0.2, -0.15) is 0 Å². The van der Waals surface area contributed by atoms with E-state index in [2.05, 4.69) is 4.99 Å². The number of nitrogens with two attached hydrogens (primary N) is 2. The zero-order chi connectivity index (χ0) is 15.2. The molecule has 118 valence electrons. The van der Waals surface area contributed by atoms with Gasteiger partial charge in [0.2, 0.25) is 0 Å². The molecular weight excluding hydrogens is 264 g/mol. The average Bonchev–Trinajstić information content (AvgIpc) is 2.29. The number of guanidine groups is 1. The number of rotatable bonds is 5. The monoisotopic (exact) mass is 290 g/mol. The van der Waals surface area contributed by atoms with Gasteiger partial charge in [0, 0.05) is 13.2 Å². The Kier molecular flexibility index (Phi) is 11.5. The van der Waals surface area contributed by atoms with Gasteiger partial charge in [-0.15, -0.1) is 10.1 Å². The minimum atomic E-state index is -1.50. The Morgan fingerprint density at radius 3 is 2.25 bits per heavy atom. The maximum absolute atomic E-state index is 8.36. The summed E-state index contributed by atoms with van der Waals surface area (Å²) in [5.74, 6) is 0.172. The Morgan fingerprint density at radius 1 is 1.25 bits per heavy atom. The molecule has 20 heavy (non-hydrogen) atoms. The van der Waals surface area contributed by atoms with Crippen LogP contribution in [0, 0.1) is 10.1 Å². The molecule has 0 radical (unpaired) electrons. The second-order valence-corrected chi connectivity index (χ2v) is 4.74. The van der Waals surface area contributed by atoms with Gasteiger partial charge in [0.25, 0.3) is 5.09 Å². The van der Waals surface area contributed by atoms with Gasteiger partial charge in [-0.3, -0.25) is 4.99 Å². The summed E-state index contributed by atoms with van der Waals surface area (Å²) in [5, 5.41) is 13.6. The molecule has 0 aromatic carbocycles. The highest BCUT2D eigenvalue weighted by molar-refractivity contribution is 5.75. The summed E-state index contributed by atoms with van der Waals surface area (Å²) in [6.07, 6.45) is 10.6. The van der Waals surface area contributed by atoms with Crippen LogP contribution in [0.2, 0.25) is 0 Å². The van der Waals surface area contributed by atoms with Crippen LogP contribution >= 0.6 is 0 Å². The predicted octanol–water partition coefficient (Wildman–Crippen LogP) is 1.43. The maximum atomic E-state index is 8.36. The van der Waals surface area contributed by atoms with Crippen LogP contribution in [0.25, 0.3) is 0 Å². The fourth-order valence-corrected chi connectivity index (χ4v) is 2.11. The minimum absolute atomic E-state index is 0.172. The highest BCUT2D eigenvalue weighted by Crippen LogP contribution is 2.19. The highest BCUT2D eigenvalue weighted by Gasteiger charge is 2.10. The first-order chi connectivity index (χ1) is 9.52. The van der Waals surface area contributed by atoms with E-state index in [0.29, 0.717) is 12.6 Å². The molecule has 1 rings (SSSR count). The van der Waals surface area contributed by atoms with Gasteiger partial charge in [-0.05, 0) is 19.3 Å². The van der Waals surface area contributed by atoms with Crippen molar-refractivity contribution >= 4 is 5.96 Å². The molecule has 0 aromatic rings. The van der Waals surface area contributed by atoms with E-state index >= 15 is 0 Å². The van der Waals surface area contributed by atoms with Crippen molar-refractivity contribution in [1.29, 1.82) is 0 Å². The largest absolute Gasteiger partial charge is 0.378 e. The summed E-state index contributed by atoms with van der Waals surface area (Å²) in [7, 11) is 0. The fourth-order valence-electron chi connectivity index (χ4n) is 2.11. The predicted molar refractivity (Wildman–Crippen MR) is 76.1 cm³/mol. The lowest BCUT2D eigenvalue weighted by molar-refractivity contribution is -0.742. The van der Waals surface area contributed by atoms with Crippen LogP contribution in [0.5, 0.6) is 0 Å². The van der Waals surface area contributed by atoms with Gasteiger partial charge in [0.15, 0.2) is 5.96 Å². The second-order valence-electron chi connectivity index (χ2n) is 4.74. The number of ether oxygens (including phenoxy) is 1. The highest BCUT2D eigenvalue weighted by atomic mass is 16.9. The number of hydrogen-bond acceptors (Lipinski definition) is 4. The molecule has 5 N–H and O–H groups in total. The minimum Gasteiger partial charge on any atom is -0.378 e. The van der Waals surface area contributed by atoms with Crippen molar-refractivity contribution < 1.29 is 15.0 Å². The second kappa shape index (κ2) is 12.5. The topological polar surface area (TPSA) is 137 Å². The molecule has 1 fully saturated rings. The van der Waals surface area contributed by atoms with Gasteiger partial charge >= 0.3 is 0 Å². The van der Waals surface area contributed by atoms with Crippen LogP contribution in [0.3, 0.4) is 0 Å². The first-order valence-electron chi connectivity index (χ1n) is 7.02. The molecule has 0 spiro atoms. The van der Waals surface area contributed by atoms with Gasteiger partial charge in [-0.1, -0.05) is 32.1 Å². The lowest BCUT2D eigenvalue weighted by Gasteiger charge is -2.20. The average molecular weight is 290 g/mol. The molecular formula is C12H26N4O4. The molecule has 0 bridgehead atoms. The summed E-state index contributed by atoms with van der Waals surface area (Å²) in [6, 6.07) is 0. The molecule has 0 atom stereocenters. The summed E-state index contributed by atoms with van der Waals surface area (Å²) >= 11 is 0. The molecule has 1 aliphatic carbocycles. The Labute approximate surface area is 119 Å². The van der Waals surface area contributed by atoms with Crippen molar-refractivity contribution in [2.75, 3.05) is 13.2 Å². The number of aliphatic imine (C=N–C) groups is 1. The third-order valence-electron chi connectivity index (χ3n) is 3.00. The maximum Gasteiger partial charge on any atom is 0.291 e. The van der Waals surface area contributed by atoms with Crippen LogP contribution in [0.1, 0.15) is 51.4 Å². The molecule has 8 heteroatoms. The SMILES string of the molecule is NC(N)=NCCCOC1CCCCCCC1.O=[N+]([O-])O. The van der Waals surface area contributed by atoms with Crippen molar-refractivity contribution in [2.24, 2.45) is 16.5 Å². The first kappa shape index (κ1) is 18.4. The third-order valence-corrected chi connectivity index (χ3v) is 3.00. The van der Waals surface area contributed by atoms with Crippen LogP contribution in [-0.2, 0) is 4.74 Å². The lowest BCUT2D eigenvalue weighted by atomic mass is 9.99. The van der Waals surface area contributed by atoms with Crippen molar-refractivity contribution in [3.8, 4) is 0 Å². The Hall–Kier alpha value is -1.57. The van der Waals surface area contributed by atoms with E-state index in [1.54, 1.807) is 0 Å². The van der Waals surface area contributed by atoms with E-state index in [-0.39, 0.29) is 5.96 Å². The quantitative estimate of drug-likeness (QED) is 0.230. The molecule has 1 saturated carbocycles. The molecule has 8 nitrogen and oxygen atoms in total. The molecule has 1 aliphatic rings. The molecule has 0 aliphatic heterocycles. The van der Waals surface area contributed by atoms with Crippen LogP contribution in [0.4, 0.5) is 0 Å². The summed E-state index contributed by atoms with van der Waals surface area (Å²) in [5.41, 5.74) is 10.5. The van der Waals surface area contributed by atoms with Crippen LogP contribution < -0.4 is 11.5 Å². The summed E-state index contributed by atoms with van der Waals surface area (Å²) in [4.78, 5) is 12.3. The van der Waals surface area contributed by atoms with Gasteiger partial charge in [-0.25, -0.2) is 0 Å². The van der Waals surface area contributed by atoms with Gasteiger partial charge in [0.05, 0.1) is 6.10 Å². The summed E-state index contributed by atoms with van der Waals surface area (Å²) in [6.45, 7) is 1.45. The Morgan fingerprint density at radius 2 is 1.75 bits per heavy atom. The van der Waals surface area contributed by atoms with E-state index in [4.69, 9.17) is 31.5 Å². The zero-order valence-corrected chi connectivity index (χ0v) is 11.9. The Bertz CT molecular complexity index is 271. The molecule has 0 aromatic heterocycles. The van der Waals surface area contributed by atoms with Crippen LogP contribution in [-0.4, -0.2) is 35.5 Å². The first-order valence-corrected chi connectivity index (χ1v) is 7.02. The van der Waals surface area contributed by atoms with E-state index < -0.39 is 5.09 Å². The molecule has 0 unspecified atom stereocenters. The zero-order valence-electron chi connectivity index (χ0n) is 11.9. The van der Waals surface area contributed by atoms with Crippen LogP contribution in [0.15, 0.2) is 4.99 Å². The van der Waals surface area contributed by atoms with E-state index in [1.807, 2.05) is 0 Å². The van der Waals surface area contributed by atoms with Gasteiger partial charge in [0.1, 0.15) is 0 Å². The van der Waals surface area contributed by atoms with E-state index in [1.165, 1.54) is 44.9 Å². The van der Waals surface area contributed by atoms with E-state index in [9.17, 15) is 0 Å². The third kappa shape index (κ3) is 14.5. The van der Waals surface area contributed by atoms with Gasteiger partial charge < -0.3 is 21.4 Å². The standard InChI is InChI=1S/C12H25N3O.HNO3/c13-12(14)15-9-6-10-16-11-7-4-2-1-3-5-8-11;2-1(3)4/h11H,1-10H2,(H4,13,14,15);(H,2,3,4). The van der Waals surface area contributed by atoms with Crippen molar-refractivity contribution in [3.05, 3.63) is 10.1 Å². The van der Waals surface area contributed by atoms with Crippen molar-refractivity contribution in [3.63, 3.8) is 0 Å². The fraction of sp³-hybridized carbons (Fsp3) is 0.917. The smallest absolute Gasteiger partial charge is 0.291 e. The lowest BCUT2D eigenvalue weighted by Crippen LogP contribution is -2.23. The van der Waals surface area contributed by atoms with E-state index in [0.717, 1.165) is 13.0 Å². The number of hydrogen-bond donors (Lipinski definition) is 3. The Balaban J connectivity index is 0.000000796.